The maximum absolute atomic E-state index is 11.8. The molecular weight excluding hydrogens is 236 g/mol. The highest BCUT2D eigenvalue weighted by atomic mass is 16.4. The van der Waals surface area contributed by atoms with E-state index in [-0.39, 0.29) is 17.5 Å². The quantitative estimate of drug-likeness (QED) is 0.734. The summed E-state index contributed by atoms with van der Waals surface area (Å²) >= 11 is 0. The summed E-state index contributed by atoms with van der Waals surface area (Å²) in [5.41, 5.74) is 0.467. The molecule has 0 unspecified atom stereocenters. The van der Waals surface area contributed by atoms with Crippen LogP contribution >= 0.6 is 0 Å². The molecule has 0 amide bonds. The number of unbranched alkanes of at least 4 members (excludes halogenated alkanes) is 2. The molecule has 6 heteroatoms. The first-order valence-corrected chi connectivity index (χ1v) is 5.95. The van der Waals surface area contributed by atoms with E-state index in [4.69, 9.17) is 5.11 Å². The molecule has 100 valence electrons. The lowest BCUT2D eigenvalue weighted by Crippen LogP contribution is -2.33. The van der Waals surface area contributed by atoms with Crippen LogP contribution in [0.1, 0.15) is 36.8 Å². The predicted molar refractivity (Wildman–Crippen MR) is 66.9 cm³/mol. The normalized spacial score (nSPS) is 10.6. The van der Waals surface area contributed by atoms with Gasteiger partial charge in [-0.3, -0.25) is 24.2 Å². The Balaban J connectivity index is 2.61. The van der Waals surface area contributed by atoms with Crippen LogP contribution < -0.4 is 11.1 Å². The van der Waals surface area contributed by atoms with Crippen molar-refractivity contribution in [3.63, 3.8) is 0 Å². The fourth-order valence-electron chi connectivity index (χ4n) is 1.67. The van der Waals surface area contributed by atoms with Crippen molar-refractivity contribution in [2.45, 2.75) is 46.1 Å². The SMILES string of the molecule is Cc1c(C)c(=O)n(CCCCCC(=O)O)[nH]c1=O. The molecule has 6 nitrogen and oxygen atoms in total. The largest absolute Gasteiger partial charge is 0.481 e. The second kappa shape index (κ2) is 6.18. The highest BCUT2D eigenvalue weighted by molar-refractivity contribution is 5.66. The van der Waals surface area contributed by atoms with E-state index in [0.717, 1.165) is 0 Å². The number of nitrogens with one attached hydrogen (secondary N) is 1. The summed E-state index contributed by atoms with van der Waals surface area (Å²) in [5.74, 6) is -0.813. The summed E-state index contributed by atoms with van der Waals surface area (Å²) in [5, 5.41) is 11.0. The van der Waals surface area contributed by atoms with Crippen LogP contribution in [-0.2, 0) is 11.3 Å². The zero-order valence-corrected chi connectivity index (χ0v) is 10.7. The highest BCUT2D eigenvalue weighted by Gasteiger charge is 2.06. The number of aromatic nitrogens is 2. The van der Waals surface area contributed by atoms with Crippen LogP contribution in [0, 0.1) is 13.8 Å². The number of hydrogen-bond donors (Lipinski definition) is 2. The predicted octanol–water partition coefficient (Wildman–Crippen LogP) is 0.798. The molecule has 2 N–H and O–H groups in total. The Hall–Kier alpha value is -1.85. The first-order chi connectivity index (χ1) is 8.43. The van der Waals surface area contributed by atoms with Gasteiger partial charge in [0.15, 0.2) is 0 Å². The van der Waals surface area contributed by atoms with Crippen LogP contribution in [0.4, 0.5) is 0 Å². The molecule has 0 fully saturated rings. The Morgan fingerprint density at radius 2 is 1.83 bits per heavy atom. The zero-order chi connectivity index (χ0) is 13.7. The number of aromatic amines is 1. The number of hydrogen-bond acceptors (Lipinski definition) is 3. The topological polar surface area (TPSA) is 92.2 Å². The maximum atomic E-state index is 11.8. The van der Waals surface area contributed by atoms with Crippen LogP contribution in [0.2, 0.25) is 0 Å². The van der Waals surface area contributed by atoms with Crippen LogP contribution in [0.5, 0.6) is 0 Å². The summed E-state index contributed by atoms with van der Waals surface area (Å²) in [6.07, 6.45) is 2.11. The Kier molecular flexibility index (Phi) is 4.88. The van der Waals surface area contributed by atoms with Gasteiger partial charge in [-0.05, 0) is 26.7 Å². The summed E-state index contributed by atoms with van der Waals surface area (Å²) in [6, 6.07) is 0. The van der Waals surface area contributed by atoms with E-state index < -0.39 is 5.97 Å². The van der Waals surface area contributed by atoms with Crippen LogP contribution in [0.3, 0.4) is 0 Å². The maximum Gasteiger partial charge on any atom is 0.303 e. The van der Waals surface area contributed by atoms with Crippen molar-refractivity contribution in [3.05, 3.63) is 31.8 Å². The molecule has 0 aromatic carbocycles. The number of aryl methyl sites for hydroxylation is 1. The Morgan fingerprint density at radius 3 is 2.44 bits per heavy atom. The van der Waals surface area contributed by atoms with E-state index in [1.165, 1.54) is 4.68 Å². The number of carboxylic acid groups (broad SMARTS) is 1. The minimum absolute atomic E-state index is 0.137. The number of carbonyl (C=O) groups is 1. The summed E-state index contributed by atoms with van der Waals surface area (Å²) in [7, 11) is 0. The van der Waals surface area contributed by atoms with E-state index in [1.807, 2.05) is 0 Å². The van der Waals surface area contributed by atoms with E-state index in [2.05, 4.69) is 5.10 Å². The first kappa shape index (κ1) is 14.2. The minimum atomic E-state index is -0.813. The minimum Gasteiger partial charge on any atom is -0.481 e. The molecule has 0 saturated carbocycles. The van der Waals surface area contributed by atoms with E-state index in [9.17, 15) is 14.4 Å². The van der Waals surface area contributed by atoms with Crippen LogP contribution in [0.15, 0.2) is 9.59 Å². The Bertz CT molecular complexity index is 542. The smallest absolute Gasteiger partial charge is 0.303 e. The lowest BCUT2D eigenvalue weighted by Gasteiger charge is -2.07. The average molecular weight is 254 g/mol. The van der Waals surface area contributed by atoms with Gasteiger partial charge in [-0.1, -0.05) is 6.42 Å². The molecule has 0 aliphatic carbocycles. The fourth-order valence-corrected chi connectivity index (χ4v) is 1.67. The number of carboxylic acids is 1. The molecule has 0 aliphatic heterocycles. The standard InChI is InChI=1S/C12H18N2O4/c1-8-9(2)12(18)14(13-11(8)17)7-5-3-4-6-10(15)16/h3-7H2,1-2H3,(H,13,17)(H,15,16). The van der Waals surface area contributed by atoms with Gasteiger partial charge < -0.3 is 5.11 Å². The second-order valence-electron chi connectivity index (χ2n) is 4.35. The molecule has 1 aromatic rings. The van der Waals surface area contributed by atoms with Crippen LogP contribution in [0.25, 0.3) is 0 Å². The summed E-state index contributed by atoms with van der Waals surface area (Å²) in [4.78, 5) is 33.6. The second-order valence-corrected chi connectivity index (χ2v) is 4.35. The third kappa shape index (κ3) is 3.58. The fraction of sp³-hybridized carbons (Fsp3) is 0.583. The van der Waals surface area contributed by atoms with E-state index >= 15 is 0 Å². The van der Waals surface area contributed by atoms with Gasteiger partial charge in [0.05, 0.1) is 0 Å². The Morgan fingerprint density at radius 1 is 1.17 bits per heavy atom. The molecule has 0 saturated heterocycles. The number of H-pyrrole nitrogens is 1. The molecule has 0 aliphatic rings. The van der Waals surface area contributed by atoms with Crippen molar-refractivity contribution in [1.82, 2.24) is 9.78 Å². The van der Waals surface area contributed by atoms with Gasteiger partial charge in [0, 0.05) is 24.1 Å². The van der Waals surface area contributed by atoms with Crippen molar-refractivity contribution < 1.29 is 9.90 Å². The van der Waals surface area contributed by atoms with Gasteiger partial charge in [0.25, 0.3) is 11.1 Å². The van der Waals surface area contributed by atoms with Gasteiger partial charge in [0.1, 0.15) is 0 Å². The van der Waals surface area contributed by atoms with Crippen LogP contribution in [-0.4, -0.2) is 20.9 Å². The molecule has 1 heterocycles. The summed E-state index contributed by atoms with van der Waals surface area (Å²) in [6.45, 7) is 3.66. The molecule has 1 aromatic heterocycles. The van der Waals surface area contributed by atoms with Gasteiger partial charge >= 0.3 is 5.97 Å². The van der Waals surface area contributed by atoms with Gasteiger partial charge in [-0.2, -0.15) is 0 Å². The third-order valence-corrected chi connectivity index (χ3v) is 2.98. The van der Waals surface area contributed by atoms with E-state index in [1.54, 1.807) is 13.8 Å². The lowest BCUT2D eigenvalue weighted by molar-refractivity contribution is -0.137. The summed E-state index contributed by atoms with van der Waals surface area (Å²) < 4.78 is 1.30. The molecule has 0 atom stereocenters. The highest BCUT2D eigenvalue weighted by Crippen LogP contribution is 2.01. The van der Waals surface area contributed by atoms with Gasteiger partial charge in [0.2, 0.25) is 0 Å². The first-order valence-electron chi connectivity index (χ1n) is 5.95. The Labute approximate surface area is 104 Å². The monoisotopic (exact) mass is 254 g/mol. The lowest BCUT2D eigenvalue weighted by atomic mass is 10.2. The number of aliphatic carboxylic acids is 1. The molecular formula is C12H18N2O4. The molecule has 0 bridgehead atoms. The van der Waals surface area contributed by atoms with Crippen molar-refractivity contribution in [3.8, 4) is 0 Å². The van der Waals surface area contributed by atoms with Crippen molar-refractivity contribution in [2.75, 3.05) is 0 Å². The van der Waals surface area contributed by atoms with Crippen molar-refractivity contribution in [1.29, 1.82) is 0 Å². The van der Waals surface area contributed by atoms with Crippen molar-refractivity contribution in [2.24, 2.45) is 0 Å². The average Bonchev–Trinajstić information content (AvgIpc) is 2.32. The van der Waals surface area contributed by atoms with Gasteiger partial charge in [-0.25, -0.2) is 0 Å². The molecule has 18 heavy (non-hydrogen) atoms. The number of rotatable bonds is 6. The zero-order valence-electron chi connectivity index (χ0n) is 10.7. The van der Waals surface area contributed by atoms with E-state index in [0.29, 0.717) is 36.9 Å². The van der Waals surface area contributed by atoms with Crippen molar-refractivity contribution >= 4 is 5.97 Å². The number of nitrogens with zero attached hydrogens (tertiary/aromatic N) is 1. The molecule has 0 radical (unpaired) electrons. The molecule has 0 spiro atoms. The third-order valence-electron chi connectivity index (χ3n) is 2.98. The van der Waals surface area contributed by atoms with Gasteiger partial charge in [-0.15, -0.1) is 0 Å². The molecule has 1 rings (SSSR count).